The van der Waals surface area contributed by atoms with E-state index < -0.39 is 6.10 Å². The smallest absolute Gasteiger partial charge is 0.261 e. The molecule has 1 N–H and O–H groups in total. The van der Waals surface area contributed by atoms with Crippen LogP contribution >= 0.6 is 11.8 Å². The molecule has 0 bridgehead atoms. The molecule has 0 aliphatic carbocycles. The molecule has 0 aliphatic rings. The molecule has 0 aromatic heterocycles. The van der Waals surface area contributed by atoms with E-state index in [0.29, 0.717) is 13.0 Å². The van der Waals surface area contributed by atoms with E-state index in [0.717, 1.165) is 22.8 Å². The Labute approximate surface area is 155 Å². The van der Waals surface area contributed by atoms with Crippen molar-refractivity contribution in [2.75, 3.05) is 12.3 Å². The number of hydrogen-bond acceptors (Lipinski definition) is 3. The highest BCUT2D eigenvalue weighted by atomic mass is 32.2. The summed E-state index contributed by atoms with van der Waals surface area (Å²) in [6.07, 6.45) is 0.207. The molecule has 4 heteroatoms. The number of carbonyl (C=O) groups excluding carboxylic acids is 1. The van der Waals surface area contributed by atoms with Gasteiger partial charge in [-0.1, -0.05) is 43.3 Å². The first-order valence-electron chi connectivity index (χ1n) is 8.73. The van der Waals surface area contributed by atoms with Crippen LogP contribution in [0, 0.1) is 13.8 Å². The molecule has 3 nitrogen and oxygen atoms in total. The molecule has 2 rings (SSSR count). The molecular formula is C21H27NO2S. The summed E-state index contributed by atoms with van der Waals surface area (Å²) in [7, 11) is 0. The van der Waals surface area contributed by atoms with Crippen LogP contribution in [0.2, 0.25) is 0 Å². The summed E-state index contributed by atoms with van der Waals surface area (Å²) >= 11 is 1.83. The largest absolute Gasteiger partial charge is 0.481 e. The molecule has 1 amide bonds. The first-order valence-corrected chi connectivity index (χ1v) is 9.89. The van der Waals surface area contributed by atoms with Crippen molar-refractivity contribution < 1.29 is 9.53 Å². The van der Waals surface area contributed by atoms with Crippen LogP contribution in [0.1, 0.15) is 30.0 Å². The van der Waals surface area contributed by atoms with Gasteiger partial charge < -0.3 is 10.1 Å². The topological polar surface area (TPSA) is 38.3 Å². The molecular weight excluding hydrogens is 330 g/mol. The quantitative estimate of drug-likeness (QED) is 0.671. The van der Waals surface area contributed by atoms with Crippen molar-refractivity contribution in [1.82, 2.24) is 5.32 Å². The molecule has 0 fully saturated rings. The van der Waals surface area contributed by atoms with Gasteiger partial charge in [-0.2, -0.15) is 11.8 Å². The molecule has 0 radical (unpaired) electrons. The van der Waals surface area contributed by atoms with Gasteiger partial charge in [0.2, 0.25) is 0 Å². The van der Waals surface area contributed by atoms with Crippen LogP contribution in [-0.2, 0) is 10.5 Å². The van der Waals surface area contributed by atoms with Crippen molar-refractivity contribution in [3.8, 4) is 5.75 Å². The summed E-state index contributed by atoms with van der Waals surface area (Å²) in [4.78, 5) is 12.3. The Hall–Kier alpha value is -1.94. The van der Waals surface area contributed by atoms with Crippen molar-refractivity contribution in [3.05, 3.63) is 65.2 Å². The maximum Gasteiger partial charge on any atom is 0.261 e. The van der Waals surface area contributed by atoms with E-state index in [-0.39, 0.29) is 5.91 Å². The van der Waals surface area contributed by atoms with Crippen LogP contribution in [0.3, 0.4) is 0 Å². The van der Waals surface area contributed by atoms with E-state index in [1.165, 1.54) is 11.1 Å². The second-order valence-electron chi connectivity index (χ2n) is 6.10. The average molecular weight is 358 g/mol. The number of rotatable bonds is 9. The number of ether oxygens (including phenoxy) is 1. The lowest BCUT2D eigenvalue weighted by molar-refractivity contribution is -0.127. The molecule has 134 valence electrons. The minimum Gasteiger partial charge on any atom is -0.481 e. The van der Waals surface area contributed by atoms with Gasteiger partial charge in [0.1, 0.15) is 5.75 Å². The highest BCUT2D eigenvalue weighted by Gasteiger charge is 2.17. The minimum absolute atomic E-state index is 0.0412. The Morgan fingerprint density at radius 3 is 2.68 bits per heavy atom. The number of nitrogens with one attached hydrogen (secondary N) is 1. The lowest BCUT2D eigenvalue weighted by atomic mass is 10.1. The number of aryl methyl sites for hydroxylation is 2. The van der Waals surface area contributed by atoms with Crippen LogP contribution in [0.25, 0.3) is 0 Å². The van der Waals surface area contributed by atoms with Gasteiger partial charge in [-0.25, -0.2) is 0 Å². The van der Waals surface area contributed by atoms with E-state index >= 15 is 0 Å². The van der Waals surface area contributed by atoms with E-state index in [1.807, 2.05) is 49.9 Å². The lowest BCUT2D eigenvalue weighted by Crippen LogP contribution is -2.39. The van der Waals surface area contributed by atoms with Crippen LogP contribution in [0.5, 0.6) is 5.75 Å². The van der Waals surface area contributed by atoms with Crippen molar-refractivity contribution >= 4 is 17.7 Å². The molecule has 0 unspecified atom stereocenters. The van der Waals surface area contributed by atoms with Crippen LogP contribution in [0.4, 0.5) is 0 Å². The third kappa shape index (κ3) is 6.46. The SMILES string of the molecule is CC[C@@H](Oc1cccc(C)c1)C(=O)NCCSCc1ccccc1C. The monoisotopic (exact) mass is 357 g/mol. The van der Waals surface area contributed by atoms with Gasteiger partial charge in [-0.15, -0.1) is 0 Å². The van der Waals surface area contributed by atoms with E-state index in [1.54, 1.807) is 0 Å². The highest BCUT2D eigenvalue weighted by Crippen LogP contribution is 2.16. The fraction of sp³-hybridized carbons (Fsp3) is 0.381. The lowest BCUT2D eigenvalue weighted by Gasteiger charge is -2.17. The maximum atomic E-state index is 12.3. The zero-order valence-corrected chi connectivity index (χ0v) is 16.1. The Kier molecular flexibility index (Phi) is 7.86. The Morgan fingerprint density at radius 1 is 1.16 bits per heavy atom. The minimum atomic E-state index is -0.442. The van der Waals surface area contributed by atoms with E-state index in [9.17, 15) is 4.79 Å². The Morgan fingerprint density at radius 2 is 1.96 bits per heavy atom. The molecule has 25 heavy (non-hydrogen) atoms. The summed E-state index contributed by atoms with van der Waals surface area (Å²) in [5.74, 6) is 2.57. The Balaban J connectivity index is 1.72. The maximum absolute atomic E-state index is 12.3. The van der Waals surface area contributed by atoms with Crippen LogP contribution in [-0.4, -0.2) is 24.3 Å². The second kappa shape index (κ2) is 10.1. The summed E-state index contributed by atoms with van der Waals surface area (Å²) < 4.78 is 5.83. The number of amides is 1. The molecule has 0 saturated heterocycles. The fourth-order valence-corrected chi connectivity index (χ4v) is 3.42. The van der Waals surface area contributed by atoms with Gasteiger partial charge >= 0.3 is 0 Å². The molecule has 1 atom stereocenters. The summed E-state index contributed by atoms with van der Waals surface area (Å²) in [6.45, 7) is 6.77. The van der Waals surface area contributed by atoms with E-state index in [4.69, 9.17) is 4.74 Å². The standard InChI is InChI=1S/C21H27NO2S/c1-4-20(24-19-11-7-8-16(2)14-19)21(23)22-12-13-25-15-18-10-6-5-9-17(18)3/h5-11,14,20H,4,12-13,15H2,1-3H3,(H,22,23)/t20-/m1/s1. The Bertz CT molecular complexity index is 687. The predicted molar refractivity (Wildman–Crippen MR) is 106 cm³/mol. The highest BCUT2D eigenvalue weighted by molar-refractivity contribution is 7.98. The van der Waals surface area contributed by atoms with Gasteiger partial charge in [-0.05, 0) is 49.1 Å². The van der Waals surface area contributed by atoms with Crippen molar-refractivity contribution in [2.45, 2.75) is 39.0 Å². The van der Waals surface area contributed by atoms with E-state index in [2.05, 4.69) is 36.5 Å². The van der Waals surface area contributed by atoms with Crippen molar-refractivity contribution in [1.29, 1.82) is 0 Å². The molecule has 0 heterocycles. The summed E-state index contributed by atoms with van der Waals surface area (Å²) in [6, 6.07) is 16.2. The fourth-order valence-electron chi connectivity index (χ4n) is 2.49. The zero-order valence-electron chi connectivity index (χ0n) is 15.2. The van der Waals surface area contributed by atoms with Crippen LogP contribution in [0.15, 0.2) is 48.5 Å². The van der Waals surface area contributed by atoms with Crippen molar-refractivity contribution in [3.63, 3.8) is 0 Å². The molecule has 2 aromatic rings. The average Bonchev–Trinajstić information content (AvgIpc) is 2.60. The number of hydrogen-bond donors (Lipinski definition) is 1. The molecule has 0 spiro atoms. The van der Waals surface area contributed by atoms with Gasteiger partial charge in [-0.3, -0.25) is 4.79 Å². The first-order chi connectivity index (χ1) is 12.1. The van der Waals surface area contributed by atoms with Gasteiger partial charge in [0.15, 0.2) is 6.10 Å². The molecule has 0 aliphatic heterocycles. The molecule has 0 saturated carbocycles. The number of thioether (sulfide) groups is 1. The van der Waals surface area contributed by atoms with Gasteiger partial charge in [0, 0.05) is 18.1 Å². The number of benzene rings is 2. The van der Waals surface area contributed by atoms with Gasteiger partial charge in [0.25, 0.3) is 5.91 Å². The van der Waals surface area contributed by atoms with Gasteiger partial charge in [0.05, 0.1) is 0 Å². The second-order valence-corrected chi connectivity index (χ2v) is 7.21. The molecule has 2 aromatic carbocycles. The third-order valence-electron chi connectivity index (χ3n) is 4.00. The number of carbonyl (C=O) groups is 1. The first kappa shape index (κ1) is 19.4. The summed E-state index contributed by atoms with van der Waals surface area (Å²) in [5.41, 5.74) is 3.80. The normalized spacial score (nSPS) is 11.8. The summed E-state index contributed by atoms with van der Waals surface area (Å²) in [5, 5.41) is 2.98. The zero-order chi connectivity index (χ0) is 18.1. The third-order valence-corrected chi connectivity index (χ3v) is 5.00. The van der Waals surface area contributed by atoms with Crippen LogP contribution < -0.4 is 10.1 Å². The van der Waals surface area contributed by atoms with Crippen molar-refractivity contribution in [2.24, 2.45) is 0 Å². The predicted octanol–water partition coefficient (Wildman–Crippen LogP) is 4.51.